The van der Waals surface area contributed by atoms with Crippen molar-refractivity contribution in [2.75, 3.05) is 5.32 Å². The van der Waals surface area contributed by atoms with Gasteiger partial charge in [0.2, 0.25) is 0 Å². The van der Waals surface area contributed by atoms with Crippen molar-refractivity contribution in [3.05, 3.63) is 105 Å². The van der Waals surface area contributed by atoms with Crippen molar-refractivity contribution in [3.8, 4) is 11.4 Å². The number of aromatic nitrogens is 3. The number of rotatable bonds is 4. The molecule has 0 spiro atoms. The van der Waals surface area contributed by atoms with E-state index in [0.29, 0.717) is 23.1 Å². The summed E-state index contributed by atoms with van der Waals surface area (Å²) >= 11 is 5.90. The van der Waals surface area contributed by atoms with Crippen LogP contribution in [0.15, 0.2) is 77.6 Å². The molecular weight excluding hydrogens is 412 g/mol. The van der Waals surface area contributed by atoms with E-state index in [1.807, 2.05) is 62.4 Å². The first-order valence-corrected chi connectivity index (χ1v) is 10.2. The van der Waals surface area contributed by atoms with E-state index in [9.17, 15) is 9.59 Å². The molecule has 0 saturated carbocycles. The molecule has 31 heavy (non-hydrogen) atoms. The van der Waals surface area contributed by atoms with Gasteiger partial charge in [-0.25, -0.2) is 9.59 Å². The average molecular weight is 433 g/mol. The molecule has 1 amide bonds. The molecular formula is C24H21ClN4O2. The maximum Gasteiger partial charge on any atom is 0.355 e. The SMILES string of the molecule is Cc1ccc(Cn2c(-c3ccc(C)cc3)nn(C(=O)Nc3ccc(Cl)cc3)c2=O)cc1. The normalized spacial score (nSPS) is 10.8. The van der Waals surface area contributed by atoms with Crippen LogP contribution < -0.4 is 11.0 Å². The lowest BCUT2D eigenvalue weighted by Gasteiger charge is -2.07. The van der Waals surface area contributed by atoms with Crippen molar-refractivity contribution in [1.29, 1.82) is 0 Å². The Kier molecular flexibility index (Phi) is 5.73. The Balaban J connectivity index is 1.74. The van der Waals surface area contributed by atoms with Crippen LogP contribution in [0, 0.1) is 13.8 Å². The fraction of sp³-hybridized carbons (Fsp3) is 0.125. The van der Waals surface area contributed by atoms with Gasteiger partial charge in [0.05, 0.1) is 6.54 Å². The van der Waals surface area contributed by atoms with Crippen LogP contribution in [0.4, 0.5) is 10.5 Å². The number of nitrogens with one attached hydrogen (secondary N) is 1. The summed E-state index contributed by atoms with van der Waals surface area (Å²) in [7, 11) is 0. The number of nitrogens with zero attached hydrogens (tertiary/aromatic N) is 3. The minimum Gasteiger partial charge on any atom is -0.306 e. The van der Waals surface area contributed by atoms with E-state index in [1.165, 1.54) is 4.57 Å². The molecule has 7 heteroatoms. The number of benzene rings is 3. The molecule has 0 aliphatic heterocycles. The van der Waals surface area contributed by atoms with E-state index in [0.717, 1.165) is 26.9 Å². The highest BCUT2D eigenvalue weighted by Crippen LogP contribution is 2.19. The van der Waals surface area contributed by atoms with Crippen LogP contribution in [0.3, 0.4) is 0 Å². The van der Waals surface area contributed by atoms with Crippen molar-refractivity contribution >= 4 is 23.3 Å². The Morgan fingerprint density at radius 1 is 0.903 bits per heavy atom. The Morgan fingerprint density at radius 2 is 1.48 bits per heavy atom. The summed E-state index contributed by atoms with van der Waals surface area (Å²) < 4.78 is 2.37. The second-order valence-corrected chi connectivity index (χ2v) is 7.83. The lowest BCUT2D eigenvalue weighted by atomic mass is 10.1. The van der Waals surface area contributed by atoms with E-state index in [1.54, 1.807) is 24.3 Å². The van der Waals surface area contributed by atoms with E-state index >= 15 is 0 Å². The zero-order valence-corrected chi connectivity index (χ0v) is 17.9. The van der Waals surface area contributed by atoms with Crippen molar-refractivity contribution in [1.82, 2.24) is 14.3 Å². The van der Waals surface area contributed by atoms with Crippen LogP contribution in [0.5, 0.6) is 0 Å². The van der Waals surface area contributed by atoms with Crippen molar-refractivity contribution < 1.29 is 4.79 Å². The van der Waals surface area contributed by atoms with Crippen molar-refractivity contribution in [2.45, 2.75) is 20.4 Å². The summed E-state index contributed by atoms with van der Waals surface area (Å²) in [6.07, 6.45) is 0. The first kappa shape index (κ1) is 20.6. The number of hydrogen-bond acceptors (Lipinski definition) is 3. The average Bonchev–Trinajstić information content (AvgIpc) is 3.08. The van der Waals surface area contributed by atoms with Gasteiger partial charge in [-0.15, -0.1) is 9.78 Å². The molecule has 4 aromatic rings. The standard InChI is InChI=1S/C24H21ClN4O2/c1-16-3-7-18(8-4-16)15-28-22(19-9-5-17(2)6-10-19)27-29(24(28)31)23(30)26-21-13-11-20(25)12-14-21/h3-14H,15H2,1-2H3,(H,26,30). The third-order valence-electron chi connectivity index (χ3n) is 4.92. The summed E-state index contributed by atoms with van der Waals surface area (Å²) in [4.78, 5) is 26.0. The van der Waals surface area contributed by atoms with Gasteiger partial charge >= 0.3 is 11.7 Å². The molecule has 1 aromatic heterocycles. The molecule has 4 rings (SSSR count). The third-order valence-corrected chi connectivity index (χ3v) is 5.17. The van der Waals surface area contributed by atoms with Gasteiger partial charge in [0, 0.05) is 16.3 Å². The summed E-state index contributed by atoms with van der Waals surface area (Å²) in [5, 5.41) is 7.61. The highest BCUT2D eigenvalue weighted by molar-refractivity contribution is 6.30. The zero-order valence-electron chi connectivity index (χ0n) is 17.2. The maximum atomic E-state index is 13.2. The largest absolute Gasteiger partial charge is 0.355 e. The van der Waals surface area contributed by atoms with Gasteiger partial charge in [-0.1, -0.05) is 71.3 Å². The number of amides is 1. The quantitative estimate of drug-likeness (QED) is 0.487. The molecule has 6 nitrogen and oxygen atoms in total. The second-order valence-electron chi connectivity index (χ2n) is 7.39. The van der Waals surface area contributed by atoms with E-state index in [-0.39, 0.29) is 0 Å². The molecule has 0 unspecified atom stereocenters. The molecule has 0 radical (unpaired) electrons. The van der Waals surface area contributed by atoms with E-state index in [4.69, 9.17) is 11.6 Å². The fourth-order valence-electron chi connectivity index (χ4n) is 3.17. The lowest BCUT2D eigenvalue weighted by Crippen LogP contribution is -2.33. The predicted molar refractivity (Wildman–Crippen MR) is 123 cm³/mol. The Hall–Kier alpha value is -3.64. The molecule has 0 fully saturated rings. The zero-order chi connectivity index (χ0) is 22.0. The molecule has 0 aliphatic rings. The molecule has 1 heterocycles. The molecule has 3 aromatic carbocycles. The van der Waals surface area contributed by atoms with Crippen LogP contribution in [-0.4, -0.2) is 20.4 Å². The molecule has 0 bridgehead atoms. The van der Waals surface area contributed by atoms with Crippen LogP contribution >= 0.6 is 11.6 Å². The van der Waals surface area contributed by atoms with Gasteiger partial charge in [-0.2, -0.15) is 0 Å². The predicted octanol–water partition coefficient (Wildman–Crippen LogP) is 5.11. The van der Waals surface area contributed by atoms with Crippen molar-refractivity contribution in [3.63, 3.8) is 0 Å². The van der Waals surface area contributed by atoms with Gasteiger partial charge < -0.3 is 5.32 Å². The third kappa shape index (κ3) is 4.59. The highest BCUT2D eigenvalue weighted by Gasteiger charge is 2.20. The number of aryl methyl sites for hydroxylation is 2. The number of anilines is 1. The Morgan fingerprint density at radius 3 is 2.10 bits per heavy atom. The molecule has 0 atom stereocenters. The number of carbonyl (C=O) groups is 1. The topological polar surface area (TPSA) is 68.9 Å². The highest BCUT2D eigenvalue weighted by atomic mass is 35.5. The molecule has 0 saturated heterocycles. The fourth-order valence-corrected chi connectivity index (χ4v) is 3.30. The number of hydrogen-bond donors (Lipinski definition) is 1. The van der Waals surface area contributed by atoms with Crippen LogP contribution in [-0.2, 0) is 6.54 Å². The van der Waals surface area contributed by atoms with Gasteiger partial charge in [0.25, 0.3) is 0 Å². The van der Waals surface area contributed by atoms with Gasteiger partial charge in [-0.3, -0.25) is 4.57 Å². The molecule has 0 aliphatic carbocycles. The summed E-state index contributed by atoms with van der Waals surface area (Å²) in [6, 6.07) is 21.6. The minimum absolute atomic E-state index is 0.302. The summed E-state index contributed by atoms with van der Waals surface area (Å²) in [5.41, 5.74) is 3.93. The van der Waals surface area contributed by atoms with Crippen LogP contribution in [0.1, 0.15) is 16.7 Å². The summed E-state index contributed by atoms with van der Waals surface area (Å²) in [6.45, 7) is 4.30. The Bertz CT molecular complexity index is 1270. The van der Waals surface area contributed by atoms with Crippen LogP contribution in [0.2, 0.25) is 5.02 Å². The van der Waals surface area contributed by atoms with Crippen molar-refractivity contribution in [2.24, 2.45) is 0 Å². The van der Waals surface area contributed by atoms with Gasteiger partial charge in [0.1, 0.15) is 0 Å². The van der Waals surface area contributed by atoms with E-state index in [2.05, 4.69) is 10.4 Å². The molecule has 156 valence electrons. The first-order valence-electron chi connectivity index (χ1n) is 9.80. The van der Waals surface area contributed by atoms with Crippen LogP contribution in [0.25, 0.3) is 11.4 Å². The number of halogens is 1. The molecule has 1 N–H and O–H groups in total. The maximum absolute atomic E-state index is 13.2. The Labute approximate surface area is 184 Å². The monoisotopic (exact) mass is 432 g/mol. The first-order chi connectivity index (χ1) is 14.9. The van der Waals surface area contributed by atoms with E-state index < -0.39 is 11.7 Å². The lowest BCUT2D eigenvalue weighted by molar-refractivity contribution is 0.250. The smallest absolute Gasteiger partial charge is 0.306 e. The summed E-state index contributed by atoms with van der Waals surface area (Å²) in [5.74, 6) is 0.428. The minimum atomic E-state index is -0.636. The number of carbonyl (C=O) groups excluding carboxylic acids is 1. The van der Waals surface area contributed by atoms with Gasteiger partial charge in [0.15, 0.2) is 5.82 Å². The second kappa shape index (κ2) is 8.62. The van der Waals surface area contributed by atoms with Gasteiger partial charge in [-0.05, 0) is 43.7 Å².